The highest BCUT2D eigenvalue weighted by atomic mass is 16.2. The van der Waals surface area contributed by atoms with Gasteiger partial charge in [-0.05, 0) is 63.1 Å². The summed E-state index contributed by atoms with van der Waals surface area (Å²) in [6.07, 6.45) is 1.06. The van der Waals surface area contributed by atoms with E-state index in [1.165, 1.54) is 11.3 Å². The molecule has 0 spiro atoms. The first-order valence-electron chi connectivity index (χ1n) is 8.09. The van der Waals surface area contributed by atoms with Crippen LogP contribution >= 0.6 is 0 Å². The van der Waals surface area contributed by atoms with Gasteiger partial charge in [-0.15, -0.1) is 0 Å². The minimum Gasteiger partial charge on any atom is -0.338 e. The van der Waals surface area contributed by atoms with E-state index < -0.39 is 0 Å². The van der Waals surface area contributed by atoms with E-state index in [2.05, 4.69) is 58.9 Å². The van der Waals surface area contributed by atoms with Crippen LogP contribution in [-0.4, -0.2) is 18.1 Å². The van der Waals surface area contributed by atoms with Crippen molar-refractivity contribution in [2.24, 2.45) is 0 Å². The number of nitrogens with one attached hydrogen (secondary N) is 2. The summed E-state index contributed by atoms with van der Waals surface area (Å²) in [6, 6.07) is 16.9. The molecule has 0 fully saturated rings. The van der Waals surface area contributed by atoms with Gasteiger partial charge < -0.3 is 15.5 Å². The molecule has 0 saturated carbocycles. The van der Waals surface area contributed by atoms with Crippen molar-refractivity contribution in [1.82, 2.24) is 5.32 Å². The summed E-state index contributed by atoms with van der Waals surface area (Å²) in [4.78, 5) is 14.1. The van der Waals surface area contributed by atoms with Crippen LogP contribution in [0.15, 0.2) is 48.5 Å². The Hall–Kier alpha value is -2.49. The lowest BCUT2D eigenvalue weighted by Gasteiger charge is -2.25. The van der Waals surface area contributed by atoms with Crippen molar-refractivity contribution in [3.8, 4) is 0 Å². The number of amides is 2. The van der Waals surface area contributed by atoms with Crippen LogP contribution in [0.25, 0.3) is 0 Å². The monoisotopic (exact) mass is 309 g/mol. The van der Waals surface area contributed by atoms with E-state index in [-0.39, 0.29) is 12.1 Å². The topological polar surface area (TPSA) is 44.4 Å². The maximum absolute atomic E-state index is 11.7. The smallest absolute Gasteiger partial charge is 0.319 e. The van der Waals surface area contributed by atoms with Crippen LogP contribution in [0.1, 0.15) is 26.3 Å². The van der Waals surface area contributed by atoms with Crippen LogP contribution < -0.4 is 15.5 Å². The van der Waals surface area contributed by atoms with Crippen molar-refractivity contribution < 1.29 is 4.79 Å². The summed E-state index contributed by atoms with van der Waals surface area (Å²) < 4.78 is 0. The first-order valence-corrected chi connectivity index (χ1v) is 8.09. The Balaban J connectivity index is 1.76. The van der Waals surface area contributed by atoms with E-state index in [9.17, 15) is 4.79 Å². The van der Waals surface area contributed by atoms with Gasteiger partial charge in [-0.25, -0.2) is 4.79 Å². The summed E-state index contributed by atoms with van der Waals surface area (Å²) in [6.45, 7) is 6.12. The molecule has 1 aliphatic heterocycles. The number of anilines is 3. The van der Waals surface area contributed by atoms with Crippen LogP contribution in [-0.2, 0) is 6.42 Å². The van der Waals surface area contributed by atoms with Crippen LogP contribution in [0.2, 0.25) is 0 Å². The number of para-hydroxylation sites is 1. The van der Waals surface area contributed by atoms with Gasteiger partial charge in [-0.1, -0.05) is 18.2 Å². The minimum atomic E-state index is -0.173. The van der Waals surface area contributed by atoms with Gasteiger partial charge in [0.15, 0.2) is 0 Å². The molecular weight excluding hydrogens is 286 g/mol. The third-order valence-electron chi connectivity index (χ3n) is 4.03. The molecule has 0 radical (unpaired) electrons. The van der Waals surface area contributed by atoms with Gasteiger partial charge in [-0.3, -0.25) is 0 Å². The molecule has 0 saturated heterocycles. The molecule has 2 N–H and O–H groups in total. The zero-order valence-electron chi connectivity index (χ0n) is 13.8. The fourth-order valence-corrected chi connectivity index (χ4v) is 3.09. The van der Waals surface area contributed by atoms with Gasteiger partial charge >= 0.3 is 6.03 Å². The van der Waals surface area contributed by atoms with Crippen LogP contribution in [0, 0.1) is 0 Å². The zero-order valence-corrected chi connectivity index (χ0v) is 13.8. The van der Waals surface area contributed by atoms with Gasteiger partial charge in [0.2, 0.25) is 0 Å². The quantitative estimate of drug-likeness (QED) is 0.888. The highest BCUT2D eigenvalue weighted by Gasteiger charge is 2.26. The molecule has 3 rings (SSSR count). The second-order valence-electron chi connectivity index (χ2n) is 6.35. The largest absolute Gasteiger partial charge is 0.338 e. The predicted octanol–water partition coefficient (Wildman–Crippen LogP) is 4.30. The Labute approximate surface area is 137 Å². The second-order valence-corrected chi connectivity index (χ2v) is 6.35. The molecule has 2 amide bonds. The molecule has 2 aromatic carbocycles. The summed E-state index contributed by atoms with van der Waals surface area (Å²) in [5.74, 6) is 0. The molecule has 23 heavy (non-hydrogen) atoms. The van der Waals surface area contributed by atoms with Crippen molar-refractivity contribution in [3.63, 3.8) is 0 Å². The van der Waals surface area contributed by atoms with Crippen molar-refractivity contribution in [2.45, 2.75) is 39.3 Å². The first-order chi connectivity index (χ1) is 11.0. The van der Waals surface area contributed by atoms with Crippen LogP contribution in [0.3, 0.4) is 0 Å². The summed E-state index contributed by atoms with van der Waals surface area (Å²) in [7, 11) is 0. The molecule has 1 heterocycles. The molecule has 4 heteroatoms. The maximum Gasteiger partial charge on any atom is 0.319 e. The van der Waals surface area contributed by atoms with Crippen LogP contribution in [0.4, 0.5) is 21.9 Å². The molecule has 1 unspecified atom stereocenters. The SMILES string of the molecule is CC(C)NC(=O)Nc1ccc(N2c3ccccc3CC2C)cc1. The molecule has 4 nitrogen and oxygen atoms in total. The maximum atomic E-state index is 11.7. The molecule has 0 bridgehead atoms. The van der Waals surface area contributed by atoms with Crippen molar-refractivity contribution >= 4 is 23.1 Å². The molecule has 120 valence electrons. The lowest BCUT2D eigenvalue weighted by molar-refractivity contribution is 0.250. The van der Waals surface area contributed by atoms with E-state index in [1.807, 2.05) is 26.0 Å². The van der Waals surface area contributed by atoms with Crippen molar-refractivity contribution in [3.05, 3.63) is 54.1 Å². The fourth-order valence-electron chi connectivity index (χ4n) is 3.09. The van der Waals surface area contributed by atoms with Gasteiger partial charge in [0.25, 0.3) is 0 Å². The Morgan fingerprint density at radius 3 is 2.52 bits per heavy atom. The van der Waals surface area contributed by atoms with Gasteiger partial charge in [0.05, 0.1) is 0 Å². The average Bonchev–Trinajstić information content (AvgIpc) is 2.83. The van der Waals surface area contributed by atoms with E-state index in [0.717, 1.165) is 17.8 Å². The van der Waals surface area contributed by atoms with E-state index in [0.29, 0.717) is 6.04 Å². The predicted molar refractivity (Wildman–Crippen MR) is 95.5 cm³/mol. The van der Waals surface area contributed by atoms with Crippen molar-refractivity contribution in [2.75, 3.05) is 10.2 Å². The number of hydrogen-bond donors (Lipinski definition) is 2. The third-order valence-corrected chi connectivity index (χ3v) is 4.03. The molecular formula is C19H23N3O. The average molecular weight is 309 g/mol. The lowest BCUT2D eigenvalue weighted by Crippen LogP contribution is -2.34. The third kappa shape index (κ3) is 3.31. The number of carbonyl (C=O) groups excluding carboxylic acids is 1. The van der Waals surface area contributed by atoms with Gasteiger partial charge in [0.1, 0.15) is 0 Å². The van der Waals surface area contributed by atoms with E-state index in [4.69, 9.17) is 0 Å². The normalized spacial score (nSPS) is 16.3. The summed E-state index contributed by atoms with van der Waals surface area (Å²) in [5.41, 5.74) is 4.61. The Morgan fingerprint density at radius 2 is 1.83 bits per heavy atom. The number of rotatable bonds is 3. The van der Waals surface area contributed by atoms with Gasteiger partial charge in [-0.2, -0.15) is 0 Å². The highest BCUT2D eigenvalue weighted by molar-refractivity contribution is 5.89. The number of carbonyl (C=O) groups is 1. The number of fused-ring (bicyclic) bond motifs is 1. The highest BCUT2D eigenvalue weighted by Crippen LogP contribution is 2.38. The number of nitrogens with zero attached hydrogens (tertiary/aromatic N) is 1. The number of benzene rings is 2. The minimum absolute atomic E-state index is 0.122. The standard InChI is InChI=1S/C19H23N3O/c1-13(2)20-19(23)21-16-8-10-17(11-9-16)22-14(3)12-15-6-4-5-7-18(15)22/h4-11,13-14H,12H2,1-3H3,(H2,20,21,23). The van der Waals surface area contributed by atoms with Gasteiger partial charge in [0, 0.05) is 29.1 Å². The molecule has 0 aliphatic carbocycles. The number of urea groups is 1. The molecule has 0 aromatic heterocycles. The van der Waals surface area contributed by atoms with E-state index >= 15 is 0 Å². The molecule has 2 aromatic rings. The number of hydrogen-bond acceptors (Lipinski definition) is 2. The lowest BCUT2D eigenvalue weighted by atomic mass is 10.1. The Kier molecular flexibility index (Phi) is 4.24. The second kappa shape index (κ2) is 6.32. The van der Waals surface area contributed by atoms with E-state index in [1.54, 1.807) is 0 Å². The summed E-state index contributed by atoms with van der Waals surface area (Å²) >= 11 is 0. The van der Waals surface area contributed by atoms with Crippen LogP contribution in [0.5, 0.6) is 0 Å². The van der Waals surface area contributed by atoms with Crippen molar-refractivity contribution in [1.29, 1.82) is 0 Å². The fraction of sp³-hybridized carbons (Fsp3) is 0.316. The Bertz CT molecular complexity index is 694. The zero-order chi connectivity index (χ0) is 16.4. The summed E-state index contributed by atoms with van der Waals surface area (Å²) in [5, 5.41) is 5.67. The Morgan fingerprint density at radius 1 is 1.13 bits per heavy atom. The molecule has 1 aliphatic rings. The molecule has 1 atom stereocenters. The first kappa shape index (κ1) is 15.4.